The second kappa shape index (κ2) is 5.80. The summed E-state index contributed by atoms with van der Waals surface area (Å²) in [7, 11) is 1.80. The summed E-state index contributed by atoms with van der Waals surface area (Å²) >= 11 is 0. The van der Waals surface area contributed by atoms with Crippen molar-refractivity contribution in [2.24, 2.45) is 0 Å². The molecule has 0 radical (unpaired) electrons. The van der Waals surface area contributed by atoms with Crippen LogP contribution in [-0.4, -0.2) is 72.7 Å². The lowest BCUT2D eigenvalue weighted by atomic mass is 10.2. The highest BCUT2D eigenvalue weighted by Gasteiger charge is 2.31. The van der Waals surface area contributed by atoms with Gasteiger partial charge in [0.05, 0.1) is 12.1 Å². The minimum atomic E-state index is -0.421. The summed E-state index contributed by atoms with van der Waals surface area (Å²) in [5, 5.41) is 12.8. The van der Waals surface area contributed by atoms with Gasteiger partial charge in [0.15, 0.2) is 0 Å². The second-order valence-electron chi connectivity index (χ2n) is 5.10. The molecule has 98 valence electrons. The molecule has 0 aliphatic carbocycles. The van der Waals surface area contributed by atoms with Crippen molar-refractivity contribution in [3.05, 3.63) is 0 Å². The SMILES string of the molecule is CN(C(=O)CCN1CCCC1)[C@@H]1CNC[C@H]1O. The van der Waals surface area contributed by atoms with Crippen LogP contribution >= 0.6 is 0 Å². The van der Waals surface area contributed by atoms with E-state index in [4.69, 9.17) is 0 Å². The molecule has 17 heavy (non-hydrogen) atoms. The first-order valence-electron chi connectivity index (χ1n) is 6.55. The van der Waals surface area contributed by atoms with Crippen molar-refractivity contribution < 1.29 is 9.90 Å². The Morgan fingerprint density at radius 1 is 1.41 bits per heavy atom. The maximum absolute atomic E-state index is 12.0. The van der Waals surface area contributed by atoms with Gasteiger partial charge in [-0.25, -0.2) is 0 Å². The summed E-state index contributed by atoms with van der Waals surface area (Å²) < 4.78 is 0. The number of hydrogen-bond donors (Lipinski definition) is 2. The van der Waals surface area contributed by atoms with Crippen molar-refractivity contribution in [1.29, 1.82) is 0 Å². The van der Waals surface area contributed by atoms with Crippen molar-refractivity contribution in [3.8, 4) is 0 Å². The number of carbonyl (C=O) groups excluding carboxylic acids is 1. The first-order chi connectivity index (χ1) is 8.18. The number of aliphatic hydroxyl groups excluding tert-OH is 1. The quantitative estimate of drug-likeness (QED) is 0.681. The molecule has 2 fully saturated rings. The summed E-state index contributed by atoms with van der Waals surface area (Å²) in [4.78, 5) is 16.0. The molecule has 0 aromatic carbocycles. The summed E-state index contributed by atoms with van der Waals surface area (Å²) in [5.74, 6) is 0.143. The van der Waals surface area contributed by atoms with Crippen LogP contribution in [0.5, 0.6) is 0 Å². The predicted octanol–water partition coefficient (Wildman–Crippen LogP) is -0.737. The number of rotatable bonds is 4. The highest BCUT2D eigenvalue weighted by molar-refractivity contribution is 5.76. The van der Waals surface area contributed by atoms with Gasteiger partial charge in [-0.3, -0.25) is 4.79 Å². The normalized spacial score (nSPS) is 29.8. The smallest absolute Gasteiger partial charge is 0.223 e. The zero-order chi connectivity index (χ0) is 12.3. The highest BCUT2D eigenvalue weighted by Crippen LogP contribution is 2.11. The molecule has 2 rings (SSSR count). The Bertz CT molecular complexity index is 266. The molecule has 5 heteroatoms. The van der Waals surface area contributed by atoms with E-state index in [1.807, 2.05) is 0 Å². The number of carbonyl (C=O) groups is 1. The van der Waals surface area contributed by atoms with Gasteiger partial charge < -0.3 is 20.2 Å². The summed E-state index contributed by atoms with van der Waals surface area (Å²) in [5.41, 5.74) is 0. The molecular weight excluding hydrogens is 218 g/mol. The van der Waals surface area contributed by atoms with Gasteiger partial charge in [-0.05, 0) is 25.9 Å². The van der Waals surface area contributed by atoms with Crippen molar-refractivity contribution in [2.45, 2.75) is 31.4 Å². The van der Waals surface area contributed by atoms with Gasteiger partial charge in [0.2, 0.25) is 5.91 Å². The van der Waals surface area contributed by atoms with Crippen LogP contribution in [0.4, 0.5) is 0 Å². The monoisotopic (exact) mass is 241 g/mol. The van der Waals surface area contributed by atoms with Crippen LogP contribution in [0.1, 0.15) is 19.3 Å². The Kier molecular flexibility index (Phi) is 4.36. The van der Waals surface area contributed by atoms with Gasteiger partial charge in [-0.15, -0.1) is 0 Å². The number of β-amino-alcohol motifs (C(OH)–C–C–N with tert-alkyl or cyclic N) is 1. The largest absolute Gasteiger partial charge is 0.390 e. The standard InChI is InChI=1S/C12H23N3O2/c1-14(10-8-13-9-11(10)16)12(17)4-7-15-5-2-3-6-15/h10-11,13,16H,2-9H2,1H3/t10-,11-/m1/s1. The molecule has 0 bridgehead atoms. The molecule has 2 aliphatic heterocycles. The third kappa shape index (κ3) is 3.18. The van der Waals surface area contributed by atoms with Gasteiger partial charge in [0, 0.05) is 33.1 Å². The average Bonchev–Trinajstić information content (AvgIpc) is 2.95. The lowest BCUT2D eigenvalue weighted by Gasteiger charge is -2.27. The Hall–Kier alpha value is -0.650. The molecule has 0 unspecified atom stereocenters. The van der Waals surface area contributed by atoms with E-state index in [1.165, 1.54) is 12.8 Å². The molecule has 2 atom stereocenters. The fourth-order valence-electron chi connectivity index (χ4n) is 2.67. The zero-order valence-corrected chi connectivity index (χ0v) is 10.6. The molecule has 1 amide bonds. The Balaban J connectivity index is 1.74. The molecule has 2 N–H and O–H groups in total. The minimum absolute atomic E-state index is 0.0546. The van der Waals surface area contributed by atoms with E-state index in [-0.39, 0.29) is 11.9 Å². The summed E-state index contributed by atoms with van der Waals surface area (Å²) in [6.07, 6.45) is 2.67. The molecule has 0 saturated carbocycles. The van der Waals surface area contributed by atoms with Gasteiger partial charge in [-0.1, -0.05) is 0 Å². The van der Waals surface area contributed by atoms with Crippen LogP contribution in [0.25, 0.3) is 0 Å². The minimum Gasteiger partial charge on any atom is -0.390 e. The van der Waals surface area contributed by atoms with E-state index in [1.54, 1.807) is 11.9 Å². The highest BCUT2D eigenvalue weighted by atomic mass is 16.3. The van der Waals surface area contributed by atoms with E-state index in [0.717, 1.165) is 19.6 Å². The Labute approximate surface area is 103 Å². The fourth-order valence-corrected chi connectivity index (χ4v) is 2.67. The fraction of sp³-hybridized carbons (Fsp3) is 0.917. The van der Waals surface area contributed by atoms with Crippen LogP contribution in [0.2, 0.25) is 0 Å². The van der Waals surface area contributed by atoms with E-state index >= 15 is 0 Å². The number of likely N-dealkylation sites (N-methyl/N-ethyl adjacent to an activating group) is 1. The van der Waals surface area contributed by atoms with Crippen molar-refractivity contribution in [1.82, 2.24) is 15.1 Å². The van der Waals surface area contributed by atoms with Crippen LogP contribution in [0.15, 0.2) is 0 Å². The number of aliphatic hydroxyl groups is 1. The number of amides is 1. The number of likely N-dealkylation sites (tertiary alicyclic amines) is 1. The van der Waals surface area contributed by atoms with Crippen LogP contribution in [0, 0.1) is 0 Å². The maximum atomic E-state index is 12.0. The van der Waals surface area contributed by atoms with Crippen molar-refractivity contribution in [3.63, 3.8) is 0 Å². The topological polar surface area (TPSA) is 55.8 Å². The molecule has 0 aromatic heterocycles. The lowest BCUT2D eigenvalue weighted by Crippen LogP contribution is -2.45. The summed E-state index contributed by atoms with van der Waals surface area (Å²) in [6.45, 7) is 4.41. The first-order valence-corrected chi connectivity index (χ1v) is 6.55. The molecule has 5 nitrogen and oxygen atoms in total. The van der Waals surface area contributed by atoms with E-state index in [0.29, 0.717) is 19.5 Å². The van der Waals surface area contributed by atoms with Crippen LogP contribution < -0.4 is 5.32 Å². The zero-order valence-electron chi connectivity index (χ0n) is 10.6. The van der Waals surface area contributed by atoms with E-state index in [2.05, 4.69) is 10.2 Å². The number of nitrogens with zero attached hydrogens (tertiary/aromatic N) is 2. The number of nitrogens with one attached hydrogen (secondary N) is 1. The van der Waals surface area contributed by atoms with Crippen molar-refractivity contribution >= 4 is 5.91 Å². The lowest BCUT2D eigenvalue weighted by molar-refractivity contribution is -0.133. The molecule has 2 saturated heterocycles. The van der Waals surface area contributed by atoms with E-state index in [9.17, 15) is 9.90 Å². The third-order valence-corrected chi connectivity index (χ3v) is 3.88. The molecular formula is C12H23N3O2. The van der Waals surface area contributed by atoms with Crippen LogP contribution in [-0.2, 0) is 4.79 Å². The van der Waals surface area contributed by atoms with Gasteiger partial charge in [0.1, 0.15) is 0 Å². The summed E-state index contributed by atoms with van der Waals surface area (Å²) in [6, 6.07) is -0.0546. The molecule has 2 aliphatic rings. The third-order valence-electron chi connectivity index (χ3n) is 3.88. The average molecular weight is 241 g/mol. The van der Waals surface area contributed by atoms with Crippen LogP contribution in [0.3, 0.4) is 0 Å². The maximum Gasteiger partial charge on any atom is 0.223 e. The Morgan fingerprint density at radius 2 is 2.12 bits per heavy atom. The predicted molar refractivity (Wildman–Crippen MR) is 65.7 cm³/mol. The molecule has 0 spiro atoms. The number of hydrogen-bond acceptors (Lipinski definition) is 4. The molecule has 2 heterocycles. The van der Waals surface area contributed by atoms with Gasteiger partial charge in [-0.2, -0.15) is 0 Å². The Morgan fingerprint density at radius 3 is 2.71 bits per heavy atom. The van der Waals surface area contributed by atoms with Crippen molar-refractivity contribution in [2.75, 3.05) is 39.8 Å². The van der Waals surface area contributed by atoms with Gasteiger partial charge >= 0.3 is 0 Å². The molecule has 0 aromatic rings. The van der Waals surface area contributed by atoms with E-state index < -0.39 is 6.10 Å². The second-order valence-corrected chi connectivity index (χ2v) is 5.10. The first kappa shape index (κ1) is 12.8. The van der Waals surface area contributed by atoms with Gasteiger partial charge in [0.25, 0.3) is 0 Å².